The van der Waals surface area contributed by atoms with E-state index < -0.39 is 0 Å². The van der Waals surface area contributed by atoms with E-state index in [-0.39, 0.29) is 5.75 Å². The fraction of sp³-hybridized carbons (Fsp3) is 0. The SMILES string of the molecule is Oc1ccc(Cl)cc1C=Nc1ccc(Cl)c2cccnc12. The van der Waals surface area contributed by atoms with Gasteiger partial charge in [-0.3, -0.25) is 9.98 Å². The van der Waals surface area contributed by atoms with Gasteiger partial charge in [-0.2, -0.15) is 0 Å². The maximum absolute atomic E-state index is 9.78. The summed E-state index contributed by atoms with van der Waals surface area (Å²) >= 11 is 12.1. The van der Waals surface area contributed by atoms with Crippen LogP contribution in [-0.2, 0) is 0 Å². The molecule has 0 spiro atoms. The number of aliphatic imine (C=N–C) groups is 1. The number of hydrogen-bond acceptors (Lipinski definition) is 3. The van der Waals surface area contributed by atoms with E-state index in [1.165, 1.54) is 6.07 Å². The van der Waals surface area contributed by atoms with Gasteiger partial charge in [-0.25, -0.2) is 0 Å². The molecule has 104 valence electrons. The molecule has 0 bridgehead atoms. The van der Waals surface area contributed by atoms with Crippen molar-refractivity contribution in [2.75, 3.05) is 0 Å². The molecule has 1 heterocycles. The van der Waals surface area contributed by atoms with Gasteiger partial charge in [-0.1, -0.05) is 23.2 Å². The van der Waals surface area contributed by atoms with E-state index in [4.69, 9.17) is 23.2 Å². The van der Waals surface area contributed by atoms with E-state index >= 15 is 0 Å². The highest BCUT2D eigenvalue weighted by atomic mass is 35.5. The molecule has 0 aliphatic carbocycles. The average molecular weight is 317 g/mol. The summed E-state index contributed by atoms with van der Waals surface area (Å²) in [6, 6.07) is 12.1. The smallest absolute Gasteiger partial charge is 0.124 e. The first-order chi connectivity index (χ1) is 10.1. The minimum Gasteiger partial charge on any atom is -0.507 e. The van der Waals surface area contributed by atoms with Crippen molar-refractivity contribution >= 4 is 46.0 Å². The highest BCUT2D eigenvalue weighted by molar-refractivity contribution is 6.35. The van der Waals surface area contributed by atoms with Gasteiger partial charge in [0.1, 0.15) is 5.75 Å². The molecule has 3 rings (SSSR count). The van der Waals surface area contributed by atoms with Crippen molar-refractivity contribution in [3.8, 4) is 5.75 Å². The summed E-state index contributed by atoms with van der Waals surface area (Å²) in [5, 5.41) is 11.8. The molecule has 0 atom stereocenters. The molecule has 0 aliphatic rings. The van der Waals surface area contributed by atoms with Crippen molar-refractivity contribution in [2.45, 2.75) is 0 Å². The normalized spacial score (nSPS) is 11.3. The monoisotopic (exact) mass is 316 g/mol. The molecule has 1 aromatic heterocycles. The van der Waals surface area contributed by atoms with Crippen molar-refractivity contribution < 1.29 is 5.11 Å². The summed E-state index contributed by atoms with van der Waals surface area (Å²) in [5.74, 6) is 0.120. The topological polar surface area (TPSA) is 45.5 Å². The number of nitrogens with zero attached hydrogens (tertiary/aromatic N) is 2. The summed E-state index contributed by atoms with van der Waals surface area (Å²) in [6.45, 7) is 0. The first kappa shape index (κ1) is 13.9. The van der Waals surface area contributed by atoms with Crippen LogP contribution in [0.5, 0.6) is 5.75 Å². The zero-order chi connectivity index (χ0) is 14.8. The van der Waals surface area contributed by atoms with E-state index in [2.05, 4.69) is 9.98 Å². The van der Waals surface area contributed by atoms with Crippen LogP contribution in [0.1, 0.15) is 5.56 Å². The van der Waals surface area contributed by atoms with Gasteiger partial charge >= 0.3 is 0 Å². The van der Waals surface area contributed by atoms with Gasteiger partial charge in [0.2, 0.25) is 0 Å². The Morgan fingerprint density at radius 1 is 1.10 bits per heavy atom. The third kappa shape index (κ3) is 2.84. The van der Waals surface area contributed by atoms with Gasteiger partial charge in [0.05, 0.1) is 16.2 Å². The lowest BCUT2D eigenvalue weighted by Gasteiger charge is -2.03. The molecule has 0 saturated heterocycles. The summed E-state index contributed by atoms with van der Waals surface area (Å²) in [5.41, 5.74) is 1.93. The quantitative estimate of drug-likeness (QED) is 0.676. The first-order valence-electron chi connectivity index (χ1n) is 6.21. The summed E-state index contributed by atoms with van der Waals surface area (Å²) < 4.78 is 0. The fourth-order valence-electron chi connectivity index (χ4n) is 1.99. The largest absolute Gasteiger partial charge is 0.507 e. The van der Waals surface area contributed by atoms with E-state index in [1.54, 1.807) is 36.7 Å². The van der Waals surface area contributed by atoms with E-state index in [0.29, 0.717) is 26.8 Å². The maximum atomic E-state index is 9.78. The molecule has 0 aliphatic heterocycles. The van der Waals surface area contributed by atoms with E-state index in [9.17, 15) is 5.11 Å². The number of phenolic OH excluding ortho intramolecular Hbond substituents is 1. The van der Waals surface area contributed by atoms with Gasteiger partial charge in [0.15, 0.2) is 0 Å². The summed E-state index contributed by atoms with van der Waals surface area (Å²) in [6.07, 6.45) is 3.24. The lowest BCUT2D eigenvalue weighted by atomic mass is 10.2. The van der Waals surface area contributed by atoms with Crippen molar-refractivity contribution in [1.29, 1.82) is 0 Å². The predicted molar refractivity (Wildman–Crippen MR) is 87.1 cm³/mol. The molecule has 0 amide bonds. The van der Waals surface area contributed by atoms with Gasteiger partial charge in [-0.15, -0.1) is 0 Å². The third-order valence-electron chi connectivity index (χ3n) is 3.03. The van der Waals surface area contributed by atoms with Crippen LogP contribution in [0.2, 0.25) is 10.0 Å². The molecule has 3 nitrogen and oxygen atoms in total. The molecule has 21 heavy (non-hydrogen) atoms. The van der Waals surface area contributed by atoms with Crippen molar-refractivity contribution in [3.63, 3.8) is 0 Å². The lowest BCUT2D eigenvalue weighted by molar-refractivity contribution is 0.474. The molecule has 2 aromatic carbocycles. The highest BCUT2D eigenvalue weighted by Gasteiger charge is 2.05. The number of aromatic nitrogens is 1. The average Bonchev–Trinajstić information content (AvgIpc) is 2.50. The third-order valence-corrected chi connectivity index (χ3v) is 3.59. The Balaban J connectivity index is 2.08. The Kier molecular flexibility index (Phi) is 3.78. The minimum absolute atomic E-state index is 0.120. The molecular formula is C16H10Cl2N2O. The van der Waals surface area contributed by atoms with Crippen LogP contribution in [0.3, 0.4) is 0 Å². The van der Waals surface area contributed by atoms with Crippen molar-refractivity contribution in [3.05, 3.63) is 64.3 Å². The van der Waals surface area contributed by atoms with Crippen LogP contribution in [0.4, 0.5) is 5.69 Å². The van der Waals surface area contributed by atoms with E-state index in [0.717, 1.165) is 5.39 Å². The molecule has 0 unspecified atom stereocenters. The molecular weight excluding hydrogens is 307 g/mol. The van der Waals surface area contributed by atoms with Gasteiger partial charge in [0, 0.05) is 28.4 Å². The molecule has 0 saturated carbocycles. The van der Waals surface area contributed by atoms with Gasteiger partial charge in [0.25, 0.3) is 0 Å². The van der Waals surface area contributed by atoms with Crippen LogP contribution < -0.4 is 0 Å². The number of halogens is 2. The minimum atomic E-state index is 0.120. The Morgan fingerprint density at radius 2 is 1.95 bits per heavy atom. The second-order valence-electron chi connectivity index (χ2n) is 4.43. The molecule has 0 fully saturated rings. The predicted octanol–water partition coefficient (Wildman–Crippen LogP) is 5.00. The number of benzene rings is 2. The molecule has 1 N–H and O–H groups in total. The number of phenols is 1. The zero-order valence-electron chi connectivity index (χ0n) is 10.8. The number of pyridine rings is 1. The number of fused-ring (bicyclic) bond motifs is 1. The number of aromatic hydroxyl groups is 1. The van der Waals surface area contributed by atoms with Gasteiger partial charge < -0.3 is 5.11 Å². The Labute approximate surface area is 131 Å². The lowest BCUT2D eigenvalue weighted by Crippen LogP contribution is -1.84. The van der Waals surface area contributed by atoms with Crippen molar-refractivity contribution in [1.82, 2.24) is 4.98 Å². The maximum Gasteiger partial charge on any atom is 0.124 e. The second-order valence-corrected chi connectivity index (χ2v) is 5.27. The van der Waals surface area contributed by atoms with Crippen LogP contribution in [0.25, 0.3) is 10.9 Å². The highest BCUT2D eigenvalue weighted by Crippen LogP contribution is 2.30. The van der Waals surface area contributed by atoms with E-state index in [1.807, 2.05) is 12.1 Å². The van der Waals surface area contributed by atoms with Crippen LogP contribution in [-0.4, -0.2) is 16.3 Å². The molecule has 0 radical (unpaired) electrons. The summed E-state index contributed by atoms with van der Waals surface area (Å²) in [7, 11) is 0. The standard InChI is InChI=1S/C16H10Cl2N2O/c17-11-3-6-15(21)10(8-11)9-20-14-5-4-13(18)12-2-1-7-19-16(12)14/h1-9,21H. The second kappa shape index (κ2) is 5.72. The Bertz CT molecular complexity index is 847. The van der Waals surface area contributed by atoms with Crippen molar-refractivity contribution in [2.24, 2.45) is 4.99 Å². The number of rotatable bonds is 2. The Hall–Kier alpha value is -2.10. The Morgan fingerprint density at radius 3 is 2.81 bits per heavy atom. The van der Waals surface area contributed by atoms with Crippen LogP contribution in [0, 0.1) is 0 Å². The number of hydrogen-bond donors (Lipinski definition) is 1. The molecule has 3 aromatic rings. The first-order valence-corrected chi connectivity index (χ1v) is 6.96. The summed E-state index contributed by atoms with van der Waals surface area (Å²) in [4.78, 5) is 8.69. The zero-order valence-corrected chi connectivity index (χ0v) is 12.3. The van der Waals surface area contributed by atoms with Crippen LogP contribution >= 0.6 is 23.2 Å². The molecule has 5 heteroatoms. The fourth-order valence-corrected chi connectivity index (χ4v) is 2.39. The van der Waals surface area contributed by atoms with Gasteiger partial charge in [-0.05, 0) is 42.5 Å². The van der Waals surface area contributed by atoms with Crippen LogP contribution in [0.15, 0.2) is 53.7 Å².